The lowest BCUT2D eigenvalue weighted by molar-refractivity contribution is 0.271. The van der Waals surface area contributed by atoms with E-state index in [-0.39, 0.29) is 6.61 Å². The van der Waals surface area contributed by atoms with E-state index in [2.05, 4.69) is 4.98 Å². The number of imidazole rings is 1. The smallest absolute Gasteiger partial charge is 0.168 e. The summed E-state index contributed by atoms with van der Waals surface area (Å²) in [5, 5.41) is 11.1. The van der Waals surface area contributed by atoms with E-state index in [4.69, 9.17) is 28.3 Å². The molecule has 0 radical (unpaired) electrons. The zero-order chi connectivity index (χ0) is 13.1. The first kappa shape index (κ1) is 13.7. The fourth-order valence-electron chi connectivity index (χ4n) is 1.51. The lowest BCUT2D eigenvalue weighted by Crippen LogP contribution is -1.97. The molecule has 0 unspecified atom stereocenters. The Kier molecular flexibility index (Phi) is 4.56. The molecule has 0 aliphatic carbocycles. The minimum Gasteiger partial charge on any atom is -0.390 e. The van der Waals surface area contributed by atoms with Gasteiger partial charge in [-0.1, -0.05) is 47.1 Å². The van der Waals surface area contributed by atoms with E-state index in [1.54, 1.807) is 24.0 Å². The third-order valence-electron chi connectivity index (χ3n) is 2.59. The number of aromatic nitrogens is 2. The van der Waals surface area contributed by atoms with Crippen LogP contribution >= 0.6 is 35.0 Å². The summed E-state index contributed by atoms with van der Waals surface area (Å²) in [5.41, 5.74) is 1.76. The van der Waals surface area contributed by atoms with Crippen LogP contribution in [0.4, 0.5) is 0 Å². The van der Waals surface area contributed by atoms with Crippen molar-refractivity contribution in [2.75, 3.05) is 0 Å². The highest BCUT2D eigenvalue weighted by Gasteiger charge is 2.09. The molecule has 96 valence electrons. The highest BCUT2D eigenvalue weighted by atomic mass is 35.5. The first-order valence-electron chi connectivity index (χ1n) is 5.30. The molecule has 0 saturated carbocycles. The molecule has 0 aliphatic rings. The van der Waals surface area contributed by atoms with Crippen LogP contribution in [0, 0.1) is 0 Å². The minimum atomic E-state index is -0.0119. The summed E-state index contributed by atoms with van der Waals surface area (Å²) in [4.78, 5) is 4.24. The summed E-state index contributed by atoms with van der Waals surface area (Å²) >= 11 is 13.6. The number of benzene rings is 1. The van der Waals surface area contributed by atoms with Crippen LogP contribution in [0.25, 0.3) is 0 Å². The number of halogens is 2. The van der Waals surface area contributed by atoms with Crippen molar-refractivity contribution in [3.05, 3.63) is 45.7 Å². The zero-order valence-electron chi connectivity index (χ0n) is 9.73. The minimum absolute atomic E-state index is 0.0119. The Balaban J connectivity index is 2.11. The second-order valence-corrected chi connectivity index (χ2v) is 5.48. The first-order chi connectivity index (χ1) is 8.63. The molecular formula is C12H12Cl2N2OS. The highest BCUT2D eigenvalue weighted by Crippen LogP contribution is 2.30. The highest BCUT2D eigenvalue weighted by molar-refractivity contribution is 7.98. The van der Waals surface area contributed by atoms with Crippen LogP contribution in [0.5, 0.6) is 0 Å². The number of aliphatic hydroxyl groups excluding tert-OH is 1. The normalized spacial score (nSPS) is 10.9. The maximum atomic E-state index is 9.09. The number of nitrogens with zero attached hydrogens (tertiary/aromatic N) is 2. The molecule has 2 rings (SSSR count). The van der Waals surface area contributed by atoms with Crippen molar-refractivity contribution >= 4 is 35.0 Å². The van der Waals surface area contributed by atoms with Crippen LogP contribution < -0.4 is 0 Å². The van der Waals surface area contributed by atoms with Crippen LogP contribution in [0.15, 0.2) is 29.6 Å². The molecule has 0 aliphatic heterocycles. The van der Waals surface area contributed by atoms with Crippen molar-refractivity contribution in [2.45, 2.75) is 17.5 Å². The summed E-state index contributed by atoms with van der Waals surface area (Å²) in [6.07, 6.45) is 1.67. The molecule has 0 atom stereocenters. The van der Waals surface area contributed by atoms with Gasteiger partial charge in [0.15, 0.2) is 5.16 Å². The van der Waals surface area contributed by atoms with Gasteiger partial charge in [0, 0.05) is 12.8 Å². The van der Waals surface area contributed by atoms with Crippen LogP contribution in [0.3, 0.4) is 0 Å². The fourth-order valence-corrected chi connectivity index (χ4v) is 2.94. The van der Waals surface area contributed by atoms with Crippen molar-refractivity contribution in [3.8, 4) is 0 Å². The van der Waals surface area contributed by atoms with Gasteiger partial charge in [0.2, 0.25) is 0 Å². The number of rotatable bonds is 4. The van der Waals surface area contributed by atoms with Crippen LogP contribution in [0.2, 0.25) is 10.0 Å². The largest absolute Gasteiger partial charge is 0.390 e. The van der Waals surface area contributed by atoms with Gasteiger partial charge in [-0.3, -0.25) is 0 Å². The second-order valence-electron chi connectivity index (χ2n) is 3.75. The van der Waals surface area contributed by atoms with Crippen LogP contribution in [-0.4, -0.2) is 14.7 Å². The average molecular weight is 303 g/mol. The first-order valence-corrected chi connectivity index (χ1v) is 7.04. The van der Waals surface area contributed by atoms with Crippen LogP contribution in [-0.2, 0) is 19.4 Å². The van der Waals surface area contributed by atoms with E-state index in [0.29, 0.717) is 15.8 Å². The Bertz CT molecular complexity index is 557. The number of thioether (sulfide) groups is 1. The number of hydrogen-bond acceptors (Lipinski definition) is 3. The summed E-state index contributed by atoms with van der Waals surface area (Å²) < 4.78 is 1.86. The van der Waals surface area contributed by atoms with Gasteiger partial charge in [-0.2, -0.15) is 0 Å². The van der Waals surface area contributed by atoms with Gasteiger partial charge in [-0.15, -0.1) is 0 Å². The summed E-state index contributed by atoms with van der Waals surface area (Å²) in [6.45, 7) is -0.0119. The third-order valence-corrected chi connectivity index (χ3v) is 4.54. The van der Waals surface area contributed by atoms with Gasteiger partial charge >= 0.3 is 0 Å². The number of hydrogen-bond donors (Lipinski definition) is 1. The molecule has 3 nitrogen and oxygen atoms in total. The molecule has 1 heterocycles. The van der Waals surface area contributed by atoms with Crippen LogP contribution in [0.1, 0.15) is 11.3 Å². The second kappa shape index (κ2) is 5.97. The fraction of sp³-hybridized carbons (Fsp3) is 0.250. The Morgan fingerprint density at radius 1 is 1.39 bits per heavy atom. The van der Waals surface area contributed by atoms with E-state index in [0.717, 1.165) is 16.4 Å². The zero-order valence-corrected chi connectivity index (χ0v) is 12.1. The van der Waals surface area contributed by atoms with Gasteiger partial charge in [0.05, 0.1) is 28.5 Å². The molecule has 2 aromatic rings. The van der Waals surface area contributed by atoms with Crippen molar-refractivity contribution in [2.24, 2.45) is 7.05 Å². The molecular weight excluding hydrogens is 291 g/mol. The Labute approximate surface area is 120 Å². The molecule has 0 saturated heterocycles. The lowest BCUT2D eigenvalue weighted by atomic mass is 10.2. The standard InChI is InChI=1S/C12H12Cl2N2OS/c1-16-9(6-17)5-15-12(16)18-7-8-3-2-4-10(13)11(8)14/h2-5,17H,6-7H2,1H3. The molecule has 0 fully saturated rings. The van der Waals surface area contributed by atoms with E-state index in [1.165, 1.54) is 0 Å². The maximum Gasteiger partial charge on any atom is 0.168 e. The molecule has 0 bridgehead atoms. The van der Waals surface area contributed by atoms with Crippen molar-refractivity contribution in [1.29, 1.82) is 0 Å². The van der Waals surface area contributed by atoms with Crippen molar-refractivity contribution in [3.63, 3.8) is 0 Å². The molecule has 18 heavy (non-hydrogen) atoms. The third kappa shape index (κ3) is 2.83. The molecule has 1 N–H and O–H groups in total. The van der Waals surface area contributed by atoms with E-state index >= 15 is 0 Å². The lowest BCUT2D eigenvalue weighted by Gasteiger charge is -2.06. The topological polar surface area (TPSA) is 38.0 Å². The summed E-state index contributed by atoms with van der Waals surface area (Å²) in [6, 6.07) is 5.58. The Hall–Kier alpha value is -0.680. The predicted octanol–water partition coefficient (Wildman–Crippen LogP) is 3.51. The van der Waals surface area contributed by atoms with Gasteiger partial charge in [-0.25, -0.2) is 4.98 Å². The van der Waals surface area contributed by atoms with Gasteiger partial charge in [-0.05, 0) is 11.6 Å². The van der Waals surface area contributed by atoms with Gasteiger partial charge < -0.3 is 9.67 Å². The molecule has 1 aromatic carbocycles. The van der Waals surface area contributed by atoms with Gasteiger partial charge in [0.1, 0.15) is 0 Å². The van der Waals surface area contributed by atoms with E-state index in [9.17, 15) is 0 Å². The molecule has 1 aromatic heterocycles. The molecule has 0 spiro atoms. The monoisotopic (exact) mass is 302 g/mol. The predicted molar refractivity (Wildman–Crippen MR) is 75.2 cm³/mol. The van der Waals surface area contributed by atoms with Crippen molar-refractivity contribution in [1.82, 2.24) is 9.55 Å². The Morgan fingerprint density at radius 2 is 2.17 bits per heavy atom. The van der Waals surface area contributed by atoms with E-state index in [1.807, 2.05) is 23.7 Å². The SMILES string of the molecule is Cn1c(CO)cnc1SCc1cccc(Cl)c1Cl. The quantitative estimate of drug-likeness (QED) is 0.878. The van der Waals surface area contributed by atoms with Gasteiger partial charge in [0.25, 0.3) is 0 Å². The Morgan fingerprint density at radius 3 is 2.83 bits per heavy atom. The maximum absolute atomic E-state index is 9.09. The van der Waals surface area contributed by atoms with Crippen molar-refractivity contribution < 1.29 is 5.11 Å². The average Bonchev–Trinajstić information content (AvgIpc) is 2.72. The molecule has 0 amide bonds. The number of aliphatic hydroxyl groups is 1. The summed E-state index contributed by atoms with van der Waals surface area (Å²) in [7, 11) is 1.88. The molecule has 6 heteroatoms. The summed E-state index contributed by atoms with van der Waals surface area (Å²) in [5.74, 6) is 0.690. The van der Waals surface area contributed by atoms with E-state index < -0.39 is 0 Å².